The Labute approximate surface area is 265 Å². The van der Waals surface area contributed by atoms with Gasteiger partial charge in [-0.3, -0.25) is 4.90 Å². The van der Waals surface area contributed by atoms with Gasteiger partial charge in [0.25, 0.3) is 0 Å². The maximum atomic E-state index is 12.5. The zero-order chi connectivity index (χ0) is 31.5. The molecule has 0 radical (unpaired) electrons. The Bertz CT molecular complexity index is 1510. The molecule has 232 valence electrons. The number of carbonyl (C=O) groups is 1. The van der Waals surface area contributed by atoms with Crippen LogP contribution < -0.4 is 9.64 Å². The molecule has 1 aromatic heterocycles. The van der Waals surface area contributed by atoms with Crippen LogP contribution in [0.5, 0.6) is 5.75 Å². The van der Waals surface area contributed by atoms with E-state index < -0.39 is 5.60 Å². The highest BCUT2D eigenvalue weighted by atomic mass is 35.5. The van der Waals surface area contributed by atoms with Crippen molar-refractivity contribution in [3.63, 3.8) is 0 Å². The number of aromatic nitrogens is 2. The van der Waals surface area contributed by atoms with E-state index in [-0.39, 0.29) is 11.5 Å². The lowest BCUT2D eigenvalue weighted by molar-refractivity contribution is 0.0279. The van der Waals surface area contributed by atoms with Gasteiger partial charge < -0.3 is 19.3 Å². The topological polar surface area (TPSA) is 94.8 Å². The molecule has 1 amide bonds. The number of carbonyl (C=O) groups excluding carboxylic acids is 1. The first-order valence-electron chi connectivity index (χ1n) is 15.1. The van der Waals surface area contributed by atoms with Crippen LogP contribution in [-0.4, -0.2) is 76.8 Å². The molecule has 0 aliphatic carbocycles. The molecule has 3 heterocycles. The van der Waals surface area contributed by atoms with E-state index in [4.69, 9.17) is 26.1 Å². The Balaban J connectivity index is 1.13. The van der Waals surface area contributed by atoms with E-state index in [2.05, 4.69) is 34.7 Å². The quantitative estimate of drug-likeness (QED) is 0.317. The summed E-state index contributed by atoms with van der Waals surface area (Å²) in [6.45, 7) is 15.1. The maximum Gasteiger partial charge on any atom is 0.410 e. The predicted molar refractivity (Wildman–Crippen MR) is 171 cm³/mol. The average molecular weight is 617 g/mol. The summed E-state index contributed by atoms with van der Waals surface area (Å²) < 4.78 is 11.6. The second kappa shape index (κ2) is 13.0. The number of benzene rings is 2. The van der Waals surface area contributed by atoms with Crippen molar-refractivity contribution in [3.8, 4) is 11.8 Å². The van der Waals surface area contributed by atoms with Gasteiger partial charge in [-0.25, -0.2) is 14.8 Å². The zero-order valence-corrected chi connectivity index (χ0v) is 27.0. The molecule has 9 nitrogen and oxygen atoms in total. The van der Waals surface area contributed by atoms with Crippen LogP contribution in [0.3, 0.4) is 0 Å². The van der Waals surface area contributed by atoms with Gasteiger partial charge in [0, 0.05) is 61.9 Å². The average Bonchev–Trinajstić information content (AvgIpc) is 3.50. The second-order valence-corrected chi connectivity index (χ2v) is 13.5. The van der Waals surface area contributed by atoms with Gasteiger partial charge in [-0.05, 0) is 74.7 Å². The van der Waals surface area contributed by atoms with Gasteiger partial charge in [-0.2, -0.15) is 5.26 Å². The lowest BCUT2D eigenvalue weighted by Crippen LogP contribution is -2.51. The van der Waals surface area contributed by atoms with Crippen LogP contribution in [0.2, 0.25) is 5.02 Å². The van der Waals surface area contributed by atoms with Gasteiger partial charge in [-0.1, -0.05) is 37.6 Å². The van der Waals surface area contributed by atoms with E-state index in [1.807, 2.05) is 68.1 Å². The fourth-order valence-electron chi connectivity index (χ4n) is 5.74. The lowest BCUT2D eigenvalue weighted by atomic mass is 9.78. The van der Waals surface area contributed by atoms with Crippen LogP contribution >= 0.6 is 11.6 Å². The molecular formula is C34H41ClN6O3. The zero-order valence-electron chi connectivity index (χ0n) is 26.2. The van der Waals surface area contributed by atoms with Crippen LogP contribution in [0.25, 0.3) is 0 Å². The van der Waals surface area contributed by atoms with Gasteiger partial charge in [0.15, 0.2) is 0 Å². The first-order valence-corrected chi connectivity index (χ1v) is 15.5. The molecule has 0 N–H and O–H groups in total. The Hall–Kier alpha value is -3.87. The molecule has 0 bridgehead atoms. The van der Waals surface area contributed by atoms with Crippen LogP contribution in [0, 0.1) is 11.3 Å². The van der Waals surface area contributed by atoms with Crippen LogP contribution in [0.4, 0.5) is 10.7 Å². The molecule has 0 spiro atoms. The van der Waals surface area contributed by atoms with E-state index in [1.165, 1.54) is 0 Å². The van der Waals surface area contributed by atoms with Gasteiger partial charge in [-0.15, -0.1) is 0 Å². The van der Waals surface area contributed by atoms with E-state index in [1.54, 1.807) is 12.3 Å². The summed E-state index contributed by atoms with van der Waals surface area (Å²) in [4.78, 5) is 28.3. The summed E-state index contributed by atoms with van der Waals surface area (Å²) in [5.41, 5.74) is 2.62. The van der Waals surface area contributed by atoms with Crippen LogP contribution in [0.1, 0.15) is 63.4 Å². The summed E-state index contributed by atoms with van der Waals surface area (Å²) >= 11 is 6.27. The van der Waals surface area contributed by atoms with E-state index in [0.29, 0.717) is 35.7 Å². The summed E-state index contributed by atoms with van der Waals surface area (Å²) in [5.74, 6) is 1.46. The number of likely N-dealkylation sites (tertiary alicyclic amines) is 1. The molecular weight excluding hydrogens is 576 g/mol. The Morgan fingerprint density at radius 2 is 1.73 bits per heavy atom. The number of amides is 1. The molecule has 1 atom stereocenters. The van der Waals surface area contributed by atoms with Gasteiger partial charge in [0.1, 0.15) is 18.0 Å². The first-order chi connectivity index (χ1) is 20.9. The minimum absolute atomic E-state index is 0.224. The Kier molecular flexibility index (Phi) is 9.33. The molecule has 2 aromatic carbocycles. The summed E-state index contributed by atoms with van der Waals surface area (Å²) in [7, 11) is 0. The summed E-state index contributed by atoms with van der Waals surface area (Å²) in [6, 6.07) is 17.9. The largest absolute Gasteiger partial charge is 0.487 e. The van der Waals surface area contributed by atoms with Crippen molar-refractivity contribution in [2.75, 3.05) is 44.2 Å². The second-order valence-electron chi connectivity index (χ2n) is 13.0. The summed E-state index contributed by atoms with van der Waals surface area (Å²) in [5, 5.41) is 9.91. The van der Waals surface area contributed by atoms with Crippen molar-refractivity contribution >= 4 is 23.6 Å². The van der Waals surface area contributed by atoms with E-state index >= 15 is 0 Å². The Morgan fingerprint density at radius 1 is 1.00 bits per heavy atom. The number of hydrogen-bond acceptors (Lipinski definition) is 8. The standard InChI is InChI=1S/C34H41ClN6O3/c1-33(2,3)44-32(42)41-13-11-29(22-41)39-14-16-40(17-15-39)31-37-12-10-28(38-31)23-43-30-8-6-25(7-9-30)34(4,5)26-18-24(21-36)19-27(35)20-26/h6-10,12,18-20,29H,11,13-17,22-23H2,1-5H3. The normalized spacial score (nSPS) is 17.8. The number of rotatable bonds is 7. The van der Waals surface area contributed by atoms with Crippen LogP contribution in [0.15, 0.2) is 54.7 Å². The fourth-order valence-corrected chi connectivity index (χ4v) is 5.98. The molecule has 2 aliphatic heterocycles. The van der Waals surface area contributed by atoms with Crippen molar-refractivity contribution in [3.05, 3.63) is 82.1 Å². The SMILES string of the molecule is CC(C)(C)OC(=O)N1CCC(N2CCN(c3nccc(COc4ccc(C(C)(C)c5cc(Cl)cc(C#N)c5)cc4)n3)CC2)C1. The van der Waals surface area contributed by atoms with Gasteiger partial charge in [0.05, 0.1) is 17.3 Å². The minimum Gasteiger partial charge on any atom is -0.487 e. The molecule has 0 saturated carbocycles. The number of nitrogens with zero attached hydrogens (tertiary/aromatic N) is 6. The predicted octanol–water partition coefficient (Wildman–Crippen LogP) is 6.04. The number of hydrogen-bond donors (Lipinski definition) is 0. The molecule has 2 saturated heterocycles. The van der Waals surface area contributed by atoms with E-state index in [0.717, 1.165) is 61.7 Å². The highest BCUT2D eigenvalue weighted by Gasteiger charge is 2.34. The van der Waals surface area contributed by atoms with Crippen molar-refractivity contribution < 1.29 is 14.3 Å². The molecule has 44 heavy (non-hydrogen) atoms. The van der Waals surface area contributed by atoms with Crippen molar-refractivity contribution in [1.82, 2.24) is 19.8 Å². The smallest absolute Gasteiger partial charge is 0.410 e. The fraction of sp³-hybridized carbons (Fsp3) is 0.471. The van der Waals surface area contributed by atoms with Crippen molar-refractivity contribution in [2.24, 2.45) is 0 Å². The number of halogens is 1. The number of nitriles is 1. The highest BCUT2D eigenvalue weighted by Crippen LogP contribution is 2.34. The number of piperazine rings is 1. The molecule has 1 unspecified atom stereocenters. The molecule has 10 heteroatoms. The molecule has 2 aliphatic rings. The minimum atomic E-state index is -0.481. The lowest BCUT2D eigenvalue weighted by Gasteiger charge is -2.38. The van der Waals surface area contributed by atoms with Crippen LogP contribution in [-0.2, 0) is 16.8 Å². The van der Waals surface area contributed by atoms with Crippen molar-refractivity contribution in [2.45, 2.75) is 64.7 Å². The molecule has 5 rings (SSSR count). The summed E-state index contributed by atoms with van der Waals surface area (Å²) in [6.07, 6.45) is 2.53. The third-order valence-electron chi connectivity index (χ3n) is 8.34. The van der Waals surface area contributed by atoms with Crippen molar-refractivity contribution in [1.29, 1.82) is 5.26 Å². The number of anilines is 1. The highest BCUT2D eigenvalue weighted by molar-refractivity contribution is 6.30. The molecule has 3 aromatic rings. The third kappa shape index (κ3) is 7.61. The first kappa shape index (κ1) is 31.6. The maximum absolute atomic E-state index is 12.5. The van der Waals surface area contributed by atoms with E-state index in [9.17, 15) is 10.1 Å². The Morgan fingerprint density at radius 3 is 2.41 bits per heavy atom. The number of ether oxygens (including phenoxy) is 2. The van der Waals surface area contributed by atoms with Gasteiger partial charge in [0.2, 0.25) is 5.95 Å². The molecule has 2 fully saturated rings. The third-order valence-corrected chi connectivity index (χ3v) is 8.56. The van der Waals surface area contributed by atoms with Gasteiger partial charge >= 0.3 is 6.09 Å². The monoisotopic (exact) mass is 616 g/mol.